The van der Waals surface area contributed by atoms with E-state index < -0.39 is 0 Å². The molecule has 0 aromatic heterocycles. The van der Waals surface area contributed by atoms with Gasteiger partial charge in [-0.1, -0.05) is 0 Å². The Kier molecular flexibility index (Phi) is 3.53. The molecule has 1 fully saturated rings. The van der Waals surface area contributed by atoms with Gasteiger partial charge in [0.25, 0.3) is 0 Å². The van der Waals surface area contributed by atoms with Crippen molar-refractivity contribution in [2.45, 2.75) is 26.7 Å². The summed E-state index contributed by atoms with van der Waals surface area (Å²) in [4.78, 5) is 2.33. The van der Waals surface area contributed by atoms with Gasteiger partial charge in [0.2, 0.25) is 0 Å². The average molecular weight is 248 g/mol. The Hall–Kier alpha value is -1.22. The average Bonchev–Trinajstić information content (AvgIpc) is 3.12. The Morgan fingerprint density at radius 3 is 2.44 bits per heavy atom. The monoisotopic (exact) mass is 248 g/mol. The molecule has 1 aromatic carbocycles. The van der Waals surface area contributed by atoms with Crippen LogP contribution in [-0.2, 0) is 0 Å². The van der Waals surface area contributed by atoms with Crippen molar-refractivity contribution in [2.75, 3.05) is 32.1 Å². The summed E-state index contributed by atoms with van der Waals surface area (Å²) < 4.78 is 5.36. The number of rotatable bonds is 5. The first-order valence-electron chi connectivity index (χ1n) is 6.58. The lowest BCUT2D eigenvalue weighted by atomic mass is 10.0. The van der Waals surface area contributed by atoms with Crippen molar-refractivity contribution in [1.29, 1.82) is 0 Å². The van der Waals surface area contributed by atoms with Gasteiger partial charge < -0.3 is 15.4 Å². The van der Waals surface area contributed by atoms with Crippen molar-refractivity contribution in [3.63, 3.8) is 0 Å². The second kappa shape index (κ2) is 4.81. The van der Waals surface area contributed by atoms with Crippen molar-refractivity contribution in [2.24, 2.45) is 11.1 Å². The number of methoxy groups -OCH3 is 1. The van der Waals surface area contributed by atoms with E-state index in [0.29, 0.717) is 5.41 Å². The van der Waals surface area contributed by atoms with Crippen LogP contribution in [0.15, 0.2) is 12.1 Å². The van der Waals surface area contributed by atoms with Gasteiger partial charge in [0, 0.05) is 24.7 Å². The lowest BCUT2D eigenvalue weighted by molar-refractivity contribution is 0.411. The largest absolute Gasteiger partial charge is 0.496 e. The first-order chi connectivity index (χ1) is 8.53. The molecule has 18 heavy (non-hydrogen) atoms. The third-order valence-corrected chi connectivity index (χ3v) is 4.30. The van der Waals surface area contributed by atoms with E-state index in [-0.39, 0.29) is 0 Å². The lowest BCUT2D eigenvalue weighted by Crippen LogP contribution is -2.31. The molecule has 3 nitrogen and oxygen atoms in total. The summed E-state index contributed by atoms with van der Waals surface area (Å²) in [5, 5.41) is 0. The van der Waals surface area contributed by atoms with E-state index in [1.54, 1.807) is 7.11 Å². The molecule has 0 spiro atoms. The fraction of sp³-hybridized carbons (Fsp3) is 0.600. The van der Waals surface area contributed by atoms with Crippen LogP contribution >= 0.6 is 0 Å². The van der Waals surface area contributed by atoms with E-state index in [1.165, 1.54) is 29.7 Å². The molecule has 2 N–H and O–H groups in total. The van der Waals surface area contributed by atoms with Crippen molar-refractivity contribution in [3.05, 3.63) is 23.3 Å². The van der Waals surface area contributed by atoms with Crippen LogP contribution in [0, 0.1) is 19.3 Å². The number of hydrogen-bond acceptors (Lipinski definition) is 3. The van der Waals surface area contributed by atoms with Crippen molar-refractivity contribution in [3.8, 4) is 5.75 Å². The summed E-state index contributed by atoms with van der Waals surface area (Å²) in [6.07, 6.45) is 2.53. The molecule has 0 unspecified atom stereocenters. The molecule has 100 valence electrons. The Morgan fingerprint density at radius 1 is 1.28 bits per heavy atom. The van der Waals surface area contributed by atoms with Crippen LogP contribution < -0.4 is 15.4 Å². The van der Waals surface area contributed by atoms with Crippen molar-refractivity contribution >= 4 is 5.69 Å². The minimum absolute atomic E-state index is 0.370. The molecule has 0 aliphatic heterocycles. The van der Waals surface area contributed by atoms with E-state index in [0.717, 1.165) is 18.8 Å². The highest BCUT2D eigenvalue weighted by Crippen LogP contribution is 2.45. The number of hydrogen-bond donors (Lipinski definition) is 1. The summed E-state index contributed by atoms with van der Waals surface area (Å²) in [6.45, 7) is 6.12. The third-order valence-electron chi connectivity index (χ3n) is 4.30. The van der Waals surface area contributed by atoms with Gasteiger partial charge in [-0.3, -0.25) is 0 Å². The molecule has 0 bridgehead atoms. The molecule has 1 saturated carbocycles. The van der Waals surface area contributed by atoms with E-state index >= 15 is 0 Å². The van der Waals surface area contributed by atoms with Crippen molar-refractivity contribution in [1.82, 2.24) is 0 Å². The van der Waals surface area contributed by atoms with E-state index in [2.05, 4.69) is 37.9 Å². The summed E-state index contributed by atoms with van der Waals surface area (Å²) in [5.74, 6) is 0.963. The van der Waals surface area contributed by atoms with Gasteiger partial charge in [0.15, 0.2) is 0 Å². The number of anilines is 1. The molecule has 1 aliphatic carbocycles. The van der Waals surface area contributed by atoms with Crippen LogP contribution in [0.3, 0.4) is 0 Å². The Labute approximate surface area is 110 Å². The number of ether oxygens (including phenoxy) is 1. The number of nitrogens with two attached hydrogens (primary N) is 1. The smallest absolute Gasteiger partial charge is 0.122 e. The summed E-state index contributed by atoms with van der Waals surface area (Å²) in [7, 11) is 3.88. The minimum atomic E-state index is 0.370. The Bertz CT molecular complexity index is 438. The molecule has 0 atom stereocenters. The second-order valence-corrected chi connectivity index (χ2v) is 5.60. The van der Waals surface area contributed by atoms with Gasteiger partial charge in [-0.05, 0) is 56.5 Å². The zero-order valence-corrected chi connectivity index (χ0v) is 11.9. The molecule has 0 radical (unpaired) electrons. The topological polar surface area (TPSA) is 38.5 Å². The summed E-state index contributed by atoms with van der Waals surface area (Å²) >= 11 is 0. The lowest BCUT2D eigenvalue weighted by Gasteiger charge is -2.27. The standard InChI is InChI=1S/C15H24N2O/c1-11-12(2)14(18-4)6-5-13(11)17(3)10-15(9-16)7-8-15/h5-6H,7-10,16H2,1-4H3. The summed E-state index contributed by atoms with van der Waals surface area (Å²) in [5.41, 5.74) is 10.0. The van der Waals surface area contributed by atoms with E-state index in [1.807, 2.05) is 0 Å². The van der Waals surface area contributed by atoms with Crippen LogP contribution in [-0.4, -0.2) is 27.2 Å². The number of benzene rings is 1. The molecule has 3 heteroatoms. The first-order valence-corrected chi connectivity index (χ1v) is 6.58. The van der Waals surface area contributed by atoms with Crippen LogP contribution in [0.4, 0.5) is 5.69 Å². The molecular weight excluding hydrogens is 224 g/mol. The predicted octanol–water partition coefficient (Wildman–Crippen LogP) is 2.49. The minimum Gasteiger partial charge on any atom is -0.496 e. The quantitative estimate of drug-likeness (QED) is 0.870. The maximum Gasteiger partial charge on any atom is 0.122 e. The van der Waals surface area contributed by atoms with Crippen LogP contribution in [0.2, 0.25) is 0 Å². The zero-order chi connectivity index (χ0) is 13.3. The van der Waals surface area contributed by atoms with Gasteiger partial charge in [-0.2, -0.15) is 0 Å². The predicted molar refractivity (Wildman–Crippen MR) is 76.5 cm³/mol. The molecule has 2 rings (SSSR count). The SMILES string of the molecule is COc1ccc(N(C)CC2(CN)CC2)c(C)c1C. The van der Waals surface area contributed by atoms with Gasteiger partial charge in [-0.15, -0.1) is 0 Å². The first kappa shape index (κ1) is 13.2. The normalized spacial score (nSPS) is 16.5. The fourth-order valence-electron chi connectivity index (χ4n) is 2.61. The van der Waals surface area contributed by atoms with E-state index in [4.69, 9.17) is 10.5 Å². The molecule has 1 aromatic rings. The highest BCUT2D eigenvalue weighted by Gasteiger charge is 2.42. The maximum atomic E-state index is 5.86. The molecule has 0 amide bonds. The summed E-state index contributed by atoms with van der Waals surface area (Å²) in [6, 6.07) is 4.20. The highest BCUT2D eigenvalue weighted by molar-refractivity contribution is 5.59. The Balaban J connectivity index is 2.20. The van der Waals surface area contributed by atoms with Gasteiger partial charge >= 0.3 is 0 Å². The van der Waals surface area contributed by atoms with Crippen LogP contribution in [0.5, 0.6) is 5.75 Å². The van der Waals surface area contributed by atoms with Gasteiger partial charge in [0.05, 0.1) is 7.11 Å². The second-order valence-electron chi connectivity index (χ2n) is 5.60. The van der Waals surface area contributed by atoms with Crippen molar-refractivity contribution < 1.29 is 4.74 Å². The number of nitrogens with zero attached hydrogens (tertiary/aromatic N) is 1. The molecule has 0 saturated heterocycles. The van der Waals surface area contributed by atoms with Gasteiger partial charge in [-0.25, -0.2) is 0 Å². The molecule has 1 aliphatic rings. The molecule has 0 heterocycles. The van der Waals surface area contributed by atoms with Gasteiger partial charge in [0.1, 0.15) is 5.75 Å². The van der Waals surface area contributed by atoms with Crippen LogP contribution in [0.1, 0.15) is 24.0 Å². The van der Waals surface area contributed by atoms with E-state index in [9.17, 15) is 0 Å². The molecular formula is C15H24N2O. The Morgan fingerprint density at radius 2 is 1.94 bits per heavy atom. The maximum absolute atomic E-state index is 5.86. The van der Waals surface area contributed by atoms with Crippen LogP contribution in [0.25, 0.3) is 0 Å². The fourth-order valence-corrected chi connectivity index (χ4v) is 2.61. The highest BCUT2D eigenvalue weighted by atomic mass is 16.5. The zero-order valence-electron chi connectivity index (χ0n) is 11.9. The third kappa shape index (κ3) is 2.32.